The van der Waals surface area contributed by atoms with Crippen LogP contribution in [0, 0.1) is 10.1 Å². The number of carbonyl (C=O) groups is 1. The van der Waals surface area contributed by atoms with Gasteiger partial charge in [0.15, 0.2) is 0 Å². The lowest BCUT2D eigenvalue weighted by molar-refractivity contribution is -0.385. The van der Waals surface area contributed by atoms with E-state index in [0.717, 1.165) is 6.07 Å². The van der Waals surface area contributed by atoms with Crippen LogP contribution in [0.2, 0.25) is 0 Å². The summed E-state index contributed by atoms with van der Waals surface area (Å²) >= 11 is 0. The van der Waals surface area contributed by atoms with E-state index in [4.69, 9.17) is 4.52 Å². The van der Waals surface area contributed by atoms with Crippen molar-refractivity contribution in [2.75, 3.05) is 6.54 Å². The highest BCUT2D eigenvalue weighted by Gasteiger charge is 2.35. The number of nitrogens with zero attached hydrogens (tertiary/aromatic N) is 3. The van der Waals surface area contributed by atoms with E-state index in [1.165, 1.54) is 24.3 Å². The lowest BCUT2D eigenvalue weighted by Gasteiger charge is -2.22. The molecule has 10 heteroatoms. The van der Waals surface area contributed by atoms with Crippen molar-refractivity contribution < 1.29 is 27.4 Å². The molecule has 1 aromatic heterocycles. The molecular weight excluding hydrogens is 391 g/mol. The van der Waals surface area contributed by atoms with Gasteiger partial charge >= 0.3 is 6.18 Å². The van der Waals surface area contributed by atoms with E-state index < -0.39 is 35.9 Å². The second-order valence-electron chi connectivity index (χ2n) is 6.10. The first-order valence-electron chi connectivity index (χ1n) is 8.35. The van der Waals surface area contributed by atoms with Crippen molar-refractivity contribution in [2.24, 2.45) is 0 Å². The molecule has 0 radical (unpaired) electrons. The summed E-state index contributed by atoms with van der Waals surface area (Å²) in [6, 6.07) is 15.2. The SMILES string of the molecule is O=C(c1cc(-c2ccccc2)no1)N(Cc1ccccc1[N+](=O)[O-])CC(F)(F)F. The molecule has 0 atom stereocenters. The highest BCUT2D eigenvalue weighted by Crippen LogP contribution is 2.25. The van der Waals surface area contributed by atoms with E-state index in [1.807, 2.05) is 0 Å². The molecular formula is C19H14F3N3O4. The Morgan fingerprint density at radius 2 is 1.76 bits per heavy atom. The van der Waals surface area contributed by atoms with Crippen LogP contribution in [-0.2, 0) is 6.54 Å². The van der Waals surface area contributed by atoms with Crippen LogP contribution in [0.25, 0.3) is 11.3 Å². The number of nitro groups is 1. The second kappa shape index (κ2) is 8.13. The minimum absolute atomic E-state index is 0.0297. The standard InChI is InChI=1S/C19H14F3N3O4/c20-19(21,22)12-24(11-14-8-4-5-9-16(14)25(27)28)18(26)17-10-15(23-29-17)13-6-2-1-3-7-13/h1-10H,11-12H2. The summed E-state index contributed by atoms with van der Waals surface area (Å²) in [7, 11) is 0. The number of alkyl halides is 3. The Morgan fingerprint density at radius 3 is 2.41 bits per heavy atom. The van der Waals surface area contributed by atoms with Crippen molar-refractivity contribution >= 4 is 11.6 Å². The predicted octanol–water partition coefficient (Wildman–Crippen LogP) is 4.45. The third-order valence-electron chi connectivity index (χ3n) is 4.00. The molecule has 0 aliphatic heterocycles. The van der Waals surface area contributed by atoms with E-state index in [-0.39, 0.29) is 16.9 Å². The number of nitro benzene ring substituents is 1. The Kier molecular flexibility index (Phi) is 5.62. The molecule has 1 heterocycles. The van der Waals surface area contributed by atoms with Gasteiger partial charge in [0.1, 0.15) is 12.2 Å². The van der Waals surface area contributed by atoms with Gasteiger partial charge in [-0.2, -0.15) is 13.2 Å². The van der Waals surface area contributed by atoms with Crippen LogP contribution in [0.1, 0.15) is 16.1 Å². The summed E-state index contributed by atoms with van der Waals surface area (Å²) in [5, 5.41) is 14.9. The van der Waals surface area contributed by atoms with Gasteiger partial charge in [0, 0.05) is 23.3 Å². The van der Waals surface area contributed by atoms with Gasteiger partial charge in [-0.25, -0.2) is 0 Å². The maximum atomic E-state index is 13.0. The van der Waals surface area contributed by atoms with Crippen LogP contribution in [0.4, 0.5) is 18.9 Å². The largest absolute Gasteiger partial charge is 0.406 e. The first-order chi connectivity index (χ1) is 13.7. The van der Waals surface area contributed by atoms with E-state index >= 15 is 0 Å². The molecule has 0 spiro atoms. The average Bonchev–Trinajstić information content (AvgIpc) is 3.17. The number of para-hydroxylation sites is 1. The molecule has 2 aromatic carbocycles. The monoisotopic (exact) mass is 405 g/mol. The summed E-state index contributed by atoms with van der Waals surface area (Å²) in [5.74, 6) is -1.47. The van der Waals surface area contributed by atoms with Crippen LogP contribution >= 0.6 is 0 Å². The first-order valence-corrected chi connectivity index (χ1v) is 8.35. The maximum Gasteiger partial charge on any atom is 0.406 e. The van der Waals surface area contributed by atoms with Crippen molar-refractivity contribution in [3.63, 3.8) is 0 Å². The Hall–Kier alpha value is -3.69. The fraction of sp³-hybridized carbons (Fsp3) is 0.158. The van der Waals surface area contributed by atoms with Gasteiger partial charge < -0.3 is 9.42 Å². The fourth-order valence-corrected chi connectivity index (χ4v) is 2.72. The van der Waals surface area contributed by atoms with Gasteiger partial charge in [0.05, 0.1) is 11.5 Å². The molecule has 0 N–H and O–H groups in total. The van der Waals surface area contributed by atoms with Crippen molar-refractivity contribution in [3.8, 4) is 11.3 Å². The molecule has 3 rings (SSSR count). The zero-order valence-corrected chi connectivity index (χ0v) is 14.8. The van der Waals surface area contributed by atoms with Crippen molar-refractivity contribution in [1.29, 1.82) is 0 Å². The Bertz CT molecular complexity index is 1020. The minimum Gasteiger partial charge on any atom is -0.350 e. The molecule has 1 amide bonds. The topological polar surface area (TPSA) is 89.5 Å². The smallest absolute Gasteiger partial charge is 0.350 e. The minimum atomic E-state index is -4.71. The molecule has 0 saturated heterocycles. The molecule has 0 bridgehead atoms. The summed E-state index contributed by atoms with van der Waals surface area (Å²) in [6.45, 7) is -2.21. The summed E-state index contributed by atoms with van der Waals surface area (Å²) in [5.41, 5.74) is 0.496. The number of hydrogen-bond donors (Lipinski definition) is 0. The number of carbonyl (C=O) groups excluding carboxylic acids is 1. The van der Waals surface area contributed by atoms with Gasteiger partial charge in [0.2, 0.25) is 5.76 Å². The van der Waals surface area contributed by atoms with Gasteiger partial charge in [-0.05, 0) is 0 Å². The zero-order chi connectivity index (χ0) is 21.0. The second-order valence-corrected chi connectivity index (χ2v) is 6.10. The Balaban J connectivity index is 1.90. The van der Waals surface area contributed by atoms with Crippen LogP contribution in [-0.4, -0.2) is 33.6 Å². The predicted molar refractivity (Wildman–Crippen MR) is 95.8 cm³/mol. The highest BCUT2D eigenvalue weighted by molar-refractivity contribution is 5.92. The first kappa shape index (κ1) is 20.1. The zero-order valence-electron chi connectivity index (χ0n) is 14.8. The van der Waals surface area contributed by atoms with Gasteiger partial charge in [-0.3, -0.25) is 14.9 Å². The number of aromatic nitrogens is 1. The van der Waals surface area contributed by atoms with E-state index in [9.17, 15) is 28.1 Å². The molecule has 0 saturated carbocycles. The third-order valence-corrected chi connectivity index (χ3v) is 4.00. The van der Waals surface area contributed by atoms with Crippen LogP contribution < -0.4 is 0 Å². The van der Waals surface area contributed by atoms with Crippen LogP contribution in [0.15, 0.2) is 65.2 Å². The molecule has 7 nitrogen and oxygen atoms in total. The Morgan fingerprint density at radius 1 is 1.10 bits per heavy atom. The summed E-state index contributed by atoms with van der Waals surface area (Å²) in [4.78, 5) is 23.5. The number of amides is 1. The quantitative estimate of drug-likeness (QED) is 0.446. The maximum absolute atomic E-state index is 13.0. The lowest BCUT2D eigenvalue weighted by atomic mass is 10.1. The van der Waals surface area contributed by atoms with E-state index in [0.29, 0.717) is 10.5 Å². The van der Waals surface area contributed by atoms with Crippen LogP contribution in [0.3, 0.4) is 0 Å². The van der Waals surface area contributed by atoms with Gasteiger partial charge in [-0.1, -0.05) is 53.7 Å². The van der Waals surface area contributed by atoms with Gasteiger partial charge in [-0.15, -0.1) is 0 Å². The van der Waals surface area contributed by atoms with Crippen LogP contribution in [0.5, 0.6) is 0 Å². The summed E-state index contributed by atoms with van der Waals surface area (Å²) < 4.78 is 44.1. The fourth-order valence-electron chi connectivity index (χ4n) is 2.72. The number of rotatable bonds is 6. The Labute approximate surface area is 162 Å². The molecule has 3 aromatic rings. The molecule has 0 aliphatic carbocycles. The van der Waals surface area contributed by atoms with E-state index in [2.05, 4.69) is 5.16 Å². The molecule has 0 aliphatic rings. The normalized spacial score (nSPS) is 11.3. The molecule has 150 valence electrons. The van der Waals surface area contributed by atoms with Crippen molar-refractivity contribution in [2.45, 2.75) is 12.7 Å². The number of halogens is 3. The third kappa shape index (κ3) is 4.98. The summed E-state index contributed by atoms with van der Waals surface area (Å²) in [6.07, 6.45) is -4.71. The highest BCUT2D eigenvalue weighted by atomic mass is 19.4. The number of hydrogen-bond acceptors (Lipinski definition) is 5. The molecule has 0 fully saturated rings. The molecule has 0 unspecified atom stereocenters. The van der Waals surface area contributed by atoms with Crippen molar-refractivity contribution in [3.05, 3.63) is 82.1 Å². The average molecular weight is 405 g/mol. The van der Waals surface area contributed by atoms with E-state index in [1.54, 1.807) is 30.3 Å². The number of benzene rings is 2. The van der Waals surface area contributed by atoms with Gasteiger partial charge in [0.25, 0.3) is 11.6 Å². The van der Waals surface area contributed by atoms with Crippen molar-refractivity contribution in [1.82, 2.24) is 10.1 Å². The molecule has 29 heavy (non-hydrogen) atoms. The lowest BCUT2D eigenvalue weighted by Crippen LogP contribution is -2.38.